The molecule has 0 saturated carbocycles. The van der Waals surface area contributed by atoms with E-state index in [0.29, 0.717) is 17.1 Å². The molecule has 9 heteroatoms. The molecule has 0 fully saturated rings. The summed E-state index contributed by atoms with van der Waals surface area (Å²) < 4.78 is 23.9. The summed E-state index contributed by atoms with van der Waals surface area (Å²) in [6.45, 7) is -0.217. The monoisotopic (exact) mass is 384 g/mol. The Kier molecular flexibility index (Phi) is 5.85. The van der Waals surface area contributed by atoms with Crippen LogP contribution in [0.5, 0.6) is 11.5 Å². The van der Waals surface area contributed by atoms with Crippen molar-refractivity contribution in [3.63, 3.8) is 0 Å². The minimum Gasteiger partial charge on any atom is -0.508 e. The average Bonchev–Trinajstić information content (AvgIpc) is 2.69. The molecule has 1 aromatic heterocycles. The molecule has 28 heavy (non-hydrogen) atoms. The molecule has 0 amide bonds. The minimum atomic E-state index is -0.649. The molecule has 1 heterocycles. The Morgan fingerprint density at radius 2 is 1.89 bits per heavy atom. The van der Waals surface area contributed by atoms with Crippen LogP contribution in [0.2, 0.25) is 0 Å². The van der Waals surface area contributed by atoms with Crippen molar-refractivity contribution in [2.24, 2.45) is 0 Å². The lowest BCUT2D eigenvalue weighted by Crippen LogP contribution is -2.12. The summed E-state index contributed by atoms with van der Waals surface area (Å²) in [6.07, 6.45) is 1.03. The molecule has 0 bridgehead atoms. The van der Waals surface area contributed by atoms with Gasteiger partial charge in [0.1, 0.15) is 11.5 Å². The summed E-state index contributed by atoms with van der Waals surface area (Å²) >= 11 is 0. The van der Waals surface area contributed by atoms with Gasteiger partial charge in [0.05, 0.1) is 13.3 Å². The number of rotatable bonds is 7. The van der Waals surface area contributed by atoms with Crippen LogP contribution < -0.4 is 15.4 Å². The standard InChI is InChI=1S/C19H17FN4O4/c1-27-17(26)11-28-15-7-3-5-13(9-15)23-19-21-10-16(20)18(24-19)22-12-4-2-6-14(25)8-12/h2-10,25H,11H2,1H3,(H2,21,22,23,24). The zero-order valence-electron chi connectivity index (χ0n) is 14.8. The number of methoxy groups -OCH3 is 1. The number of hydrogen-bond acceptors (Lipinski definition) is 8. The fourth-order valence-corrected chi connectivity index (χ4v) is 2.23. The maximum absolute atomic E-state index is 14.0. The third kappa shape index (κ3) is 5.07. The predicted octanol–water partition coefficient (Wildman–Crippen LogP) is 3.36. The van der Waals surface area contributed by atoms with Crippen molar-refractivity contribution in [2.45, 2.75) is 0 Å². The molecule has 0 atom stereocenters. The van der Waals surface area contributed by atoms with Crippen molar-refractivity contribution in [3.05, 3.63) is 60.5 Å². The largest absolute Gasteiger partial charge is 0.508 e. The summed E-state index contributed by atoms with van der Waals surface area (Å²) in [6, 6.07) is 13.0. The lowest BCUT2D eigenvalue weighted by Gasteiger charge is -2.11. The number of aromatic nitrogens is 2. The molecule has 2 aromatic carbocycles. The van der Waals surface area contributed by atoms with Crippen molar-refractivity contribution < 1.29 is 23.8 Å². The Morgan fingerprint density at radius 1 is 1.14 bits per heavy atom. The van der Waals surface area contributed by atoms with E-state index >= 15 is 0 Å². The van der Waals surface area contributed by atoms with Crippen molar-refractivity contribution >= 4 is 29.1 Å². The Balaban J connectivity index is 1.73. The number of benzene rings is 2. The molecule has 0 radical (unpaired) electrons. The van der Waals surface area contributed by atoms with E-state index in [1.807, 2.05) is 0 Å². The number of hydrogen-bond donors (Lipinski definition) is 3. The zero-order chi connectivity index (χ0) is 19.9. The van der Waals surface area contributed by atoms with E-state index in [9.17, 15) is 14.3 Å². The summed E-state index contributed by atoms with van der Waals surface area (Å²) in [5, 5.41) is 15.2. The first-order valence-corrected chi connectivity index (χ1v) is 8.19. The number of carbonyl (C=O) groups excluding carboxylic acids is 1. The number of halogens is 1. The van der Waals surface area contributed by atoms with Gasteiger partial charge < -0.3 is 25.2 Å². The fourth-order valence-electron chi connectivity index (χ4n) is 2.23. The van der Waals surface area contributed by atoms with E-state index in [4.69, 9.17) is 4.74 Å². The summed E-state index contributed by atoms with van der Waals surface area (Å²) in [5.74, 6) is -0.570. The number of nitrogens with zero attached hydrogens (tertiary/aromatic N) is 2. The summed E-state index contributed by atoms with van der Waals surface area (Å²) in [4.78, 5) is 19.2. The van der Waals surface area contributed by atoms with E-state index in [1.165, 1.54) is 19.2 Å². The van der Waals surface area contributed by atoms with Gasteiger partial charge in [0.2, 0.25) is 5.95 Å². The van der Waals surface area contributed by atoms with E-state index in [0.717, 1.165) is 6.20 Å². The molecule has 3 rings (SSSR count). The molecule has 144 valence electrons. The molecule has 0 unspecified atom stereocenters. The van der Waals surface area contributed by atoms with Crippen LogP contribution in [0.3, 0.4) is 0 Å². The number of aromatic hydroxyl groups is 1. The molecular weight excluding hydrogens is 367 g/mol. The summed E-state index contributed by atoms with van der Waals surface area (Å²) in [5.41, 5.74) is 1.05. The molecule has 3 aromatic rings. The lowest BCUT2D eigenvalue weighted by molar-refractivity contribution is -0.142. The third-order valence-corrected chi connectivity index (χ3v) is 3.53. The van der Waals surface area contributed by atoms with E-state index in [1.54, 1.807) is 36.4 Å². The van der Waals surface area contributed by atoms with Crippen molar-refractivity contribution in [1.29, 1.82) is 0 Å². The second-order valence-electron chi connectivity index (χ2n) is 5.58. The number of ether oxygens (including phenoxy) is 2. The highest BCUT2D eigenvalue weighted by atomic mass is 19.1. The van der Waals surface area contributed by atoms with Crippen molar-refractivity contribution in [1.82, 2.24) is 9.97 Å². The zero-order valence-corrected chi connectivity index (χ0v) is 14.8. The van der Waals surface area contributed by atoms with Gasteiger partial charge in [0.25, 0.3) is 0 Å². The van der Waals surface area contributed by atoms with Crippen LogP contribution in [0, 0.1) is 5.82 Å². The number of nitrogens with one attached hydrogen (secondary N) is 2. The number of phenolic OH excluding ortho intramolecular Hbond substituents is 1. The van der Waals surface area contributed by atoms with Crippen LogP contribution in [0.15, 0.2) is 54.7 Å². The first-order valence-electron chi connectivity index (χ1n) is 8.19. The SMILES string of the molecule is COC(=O)COc1cccc(Nc2ncc(F)c(Nc3cccc(O)c3)n2)c1. The van der Waals surface area contributed by atoms with Gasteiger partial charge in [-0.15, -0.1) is 0 Å². The number of carbonyl (C=O) groups is 1. The smallest absolute Gasteiger partial charge is 0.343 e. The van der Waals surface area contributed by atoms with Gasteiger partial charge >= 0.3 is 5.97 Å². The topological polar surface area (TPSA) is 106 Å². The predicted molar refractivity (Wildman–Crippen MR) is 101 cm³/mol. The normalized spacial score (nSPS) is 10.2. The molecule has 8 nitrogen and oxygen atoms in total. The van der Waals surface area contributed by atoms with E-state index in [2.05, 4.69) is 25.3 Å². The highest BCUT2D eigenvalue weighted by molar-refractivity contribution is 5.71. The quantitative estimate of drug-likeness (QED) is 0.533. The molecule has 0 aliphatic carbocycles. The van der Waals surface area contributed by atoms with E-state index < -0.39 is 11.8 Å². The van der Waals surface area contributed by atoms with Gasteiger partial charge in [0, 0.05) is 23.5 Å². The summed E-state index contributed by atoms with van der Waals surface area (Å²) in [7, 11) is 1.28. The van der Waals surface area contributed by atoms with Crippen LogP contribution in [0.1, 0.15) is 0 Å². The second kappa shape index (κ2) is 8.67. The first-order chi connectivity index (χ1) is 13.5. The average molecular weight is 384 g/mol. The van der Waals surface area contributed by atoms with Crippen LogP contribution >= 0.6 is 0 Å². The van der Waals surface area contributed by atoms with Gasteiger partial charge in [0.15, 0.2) is 18.2 Å². The van der Waals surface area contributed by atoms with Crippen LogP contribution in [0.4, 0.5) is 27.5 Å². The van der Waals surface area contributed by atoms with Gasteiger partial charge in [-0.1, -0.05) is 12.1 Å². The minimum absolute atomic E-state index is 0.0431. The van der Waals surface area contributed by atoms with E-state index in [-0.39, 0.29) is 24.1 Å². The Bertz CT molecular complexity index is 984. The first kappa shape index (κ1) is 18.9. The third-order valence-electron chi connectivity index (χ3n) is 3.53. The number of anilines is 4. The highest BCUT2D eigenvalue weighted by Gasteiger charge is 2.09. The Morgan fingerprint density at radius 3 is 2.64 bits per heavy atom. The second-order valence-corrected chi connectivity index (χ2v) is 5.58. The van der Waals surface area contributed by atoms with Crippen molar-refractivity contribution in [2.75, 3.05) is 24.4 Å². The van der Waals surface area contributed by atoms with Crippen LogP contribution in [-0.2, 0) is 9.53 Å². The maximum atomic E-state index is 14.0. The number of esters is 1. The Labute approximate surface area is 160 Å². The van der Waals surface area contributed by atoms with Gasteiger partial charge in [-0.05, 0) is 24.3 Å². The molecule has 0 spiro atoms. The van der Waals surface area contributed by atoms with Gasteiger partial charge in [-0.25, -0.2) is 14.2 Å². The Hall–Kier alpha value is -3.88. The number of phenols is 1. The molecule has 0 aliphatic rings. The molecule has 3 N–H and O–H groups in total. The lowest BCUT2D eigenvalue weighted by atomic mass is 10.3. The van der Waals surface area contributed by atoms with Crippen LogP contribution in [0.25, 0.3) is 0 Å². The molecular formula is C19H17FN4O4. The van der Waals surface area contributed by atoms with Gasteiger partial charge in [-0.2, -0.15) is 4.98 Å². The molecule has 0 saturated heterocycles. The van der Waals surface area contributed by atoms with Crippen molar-refractivity contribution in [3.8, 4) is 11.5 Å². The van der Waals surface area contributed by atoms with Gasteiger partial charge in [-0.3, -0.25) is 0 Å². The van der Waals surface area contributed by atoms with Crippen LogP contribution in [-0.4, -0.2) is 34.8 Å². The molecule has 0 aliphatic heterocycles. The highest BCUT2D eigenvalue weighted by Crippen LogP contribution is 2.24. The maximum Gasteiger partial charge on any atom is 0.343 e. The fraction of sp³-hybridized carbons (Fsp3) is 0.105.